The van der Waals surface area contributed by atoms with Gasteiger partial charge in [0.1, 0.15) is 11.5 Å². The van der Waals surface area contributed by atoms with Gasteiger partial charge in [-0.3, -0.25) is 9.69 Å². The van der Waals surface area contributed by atoms with Crippen molar-refractivity contribution in [1.29, 1.82) is 0 Å². The number of carbonyl (C=O) groups is 1. The van der Waals surface area contributed by atoms with Crippen LogP contribution in [-0.2, 0) is 11.3 Å². The van der Waals surface area contributed by atoms with Gasteiger partial charge in [-0.15, -0.1) is 0 Å². The van der Waals surface area contributed by atoms with E-state index in [-0.39, 0.29) is 11.7 Å². The number of furan rings is 1. The lowest BCUT2D eigenvalue weighted by Gasteiger charge is -2.13. The second-order valence-electron chi connectivity index (χ2n) is 7.99. The molecule has 4 aromatic rings. The van der Waals surface area contributed by atoms with Crippen molar-refractivity contribution < 1.29 is 14.3 Å². The number of aliphatic imine (C=N–C) groups is 1. The third-order valence-electron chi connectivity index (χ3n) is 5.63. The molecule has 2 aromatic heterocycles. The SMILES string of the molecule is Cc1cc(/C=C2\SC(=Nc3ccccc3)N(Cc3ccco3)C2=O)c(C)n1-c1ccc(O)cc1. The van der Waals surface area contributed by atoms with Crippen LogP contribution in [0.15, 0.2) is 93.4 Å². The standard InChI is InChI=1S/C27H23N3O3S/c1-18-15-20(19(2)30(18)22-10-12-23(31)13-11-22)16-25-26(32)29(17-24-9-6-14-33-24)27(34-25)28-21-7-4-3-5-8-21/h3-16,31H,17H2,1-2H3/b25-16-,28-27?. The van der Waals surface area contributed by atoms with Crippen molar-refractivity contribution in [3.63, 3.8) is 0 Å². The second-order valence-corrected chi connectivity index (χ2v) is 9.00. The Bertz CT molecular complexity index is 1390. The summed E-state index contributed by atoms with van der Waals surface area (Å²) < 4.78 is 7.60. The third-order valence-corrected chi connectivity index (χ3v) is 6.63. The molecule has 1 N–H and O–H groups in total. The maximum Gasteiger partial charge on any atom is 0.267 e. The number of amides is 1. The summed E-state index contributed by atoms with van der Waals surface area (Å²) in [6.07, 6.45) is 3.53. The fourth-order valence-corrected chi connectivity index (χ4v) is 4.96. The Balaban J connectivity index is 1.52. The number of phenols is 1. The predicted molar refractivity (Wildman–Crippen MR) is 135 cm³/mol. The maximum absolute atomic E-state index is 13.4. The highest BCUT2D eigenvalue weighted by atomic mass is 32.2. The number of aromatic nitrogens is 1. The predicted octanol–water partition coefficient (Wildman–Crippen LogP) is 6.20. The number of amidine groups is 1. The molecule has 34 heavy (non-hydrogen) atoms. The summed E-state index contributed by atoms with van der Waals surface area (Å²) in [5.41, 5.74) is 4.74. The van der Waals surface area contributed by atoms with Crippen LogP contribution in [0.4, 0.5) is 5.69 Å². The van der Waals surface area contributed by atoms with E-state index in [9.17, 15) is 9.90 Å². The van der Waals surface area contributed by atoms with Gasteiger partial charge in [-0.05, 0) is 91.8 Å². The van der Waals surface area contributed by atoms with E-state index in [0.29, 0.717) is 22.4 Å². The lowest BCUT2D eigenvalue weighted by Crippen LogP contribution is -2.28. The number of aromatic hydroxyl groups is 1. The van der Waals surface area contributed by atoms with Crippen molar-refractivity contribution in [1.82, 2.24) is 9.47 Å². The summed E-state index contributed by atoms with van der Waals surface area (Å²) in [7, 11) is 0. The molecular formula is C27H23N3O3S. The molecule has 1 fully saturated rings. The Morgan fingerprint density at radius 2 is 1.79 bits per heavy atom. The first-order chi connectivity index (χ1) is 16.5. The van der Waals surface area contributed by atoms with Crippen molar-refractivity contribution in [3.8, 4) is 11.4 Å². The number of carbonyl (C=O) groups excluding carboxylic acids is 1. The second kappa shape index (κ2) is 9.11. The molecule has 0 saturated carbocycles. The number of aryl methyl sites for hydroxylation is 1. The number of rotatable bonds is 5. The molecule has 0 unspecified atom stereocenters. The van der Waals surface area contributed by atoms with Crippen LogP contribution in [0.2, 0.25) is 0 Å². The molecule has 0 radical (unpaired) electrons. The lowest BCUT2D eigenvalue weighted by molar-refractivity contribution is -0.122. The first-order valence-electron chi connectivity index (χ1n) is 10.9. The molecule has 1 amide bonds. The highest BCUT2D eigenvalue weighted by Gasteiger charge is 2.34. The van der Waals surface area contributed by atoms with E-state index in [1.165, 1.54) is 11.8 Å². The normalized spacial score (nSPS) is 16.2. The molecular weight excluding hydrogens is 446 g/mol. The summed E-state index contributed by atoms with van der Waals surface area (Å²) in [5.74, 6) is 0.815. The minimum absolute atomic E-state index is 0.106. The molecule has 0 aliphatic carbocycles. The highest BCUT2D eigenvalue weighted by molar-refractivity contribution is 8.18. The molecule has 0 atom stereocenters. The number of hydrogen-bond donors (Lipinski definition) is 1. The quantitative estimate of drug-likeness (QED) is 0.354. The van der Waals surface area contributed by atoms with Crippen LogP contribution >= 0.6 is 11.8 Å². The fourth-order valence-electron chi connectivity index (χ4n) is 3.98. The number of hydrogen-bond acceptors (Lipinski definition) is 5. The van der Waals surface area contributed by atoms with Crippen LogP contribution < -0.4 is 0 Å². The van der Waals surface area contributed by atoms with E-state index < -0.39 is 0 Å². The molecule has 1 aliphatic heterocycles. The molecule has 0 bridgehead atoms. The maximum atomic E-state index is 13.4. The number of para-hydroxylation sites is 1. The van der Waals surface area contributed by atoms with Crippen LogP contribution in [0.5, 0.6) is 5.75 Å². The van der Waals surface area contributed by atoms with Gasteiger partial charge in [0.25, 0.3) is 5.91 Å². The highest BCUT2D eigenvalue weighted by Crippen LogP contribution is 2.36. The first-order valence-corrected chi connectivity index (χ1v) is 11.7. The van der Waals surface area contributed by atoms with Gasteiger partial charge < -0.3 is 14.1 Å². The van der Waals surface area contributed by atoms with Gasteiger partial charge in [-0.1, -0.05) is 18.2 Å². The van der Waals surface area contributed by atoms with Gasteiger partial charge in [0.2, 0.25) is 0 Å². The lowest BCUT2D eigenvalue weighted by atomic mass is 10.2. The summed E-state index contributed by atoms with van der Waals surface area (Å²) in [6.45, 7) is 4.36. The largest absolute Gasteiger partial charge is 0.508 e. The molecule has 3 heterocycles. The van der Waals surface area contributed by atoms with Crippen molar-refractivity contribution in [2.24, 2.45) is 4.99 Å². The zero-order valence-corrected chi connectivity index (χ0v) is 19.6. The van der Waals surface area contributed by atoms with Crippen LogP contribution in [0.3, 0.4) is 0 Å². The number of nitrogens with zero attached hydrogens (tertiary/aromatic N) is 3. The smallest absolute Gasteiger partial charge is 0.267 e. The molecule has 1 saturated heterocycles. The van der Waals surface area contributed by atoms with Gasteiger partial charge >= 0.3 is 0 Å². The zero-order valence-electron chi connectivity index (χ0n) is 18.8. The molecule has 6 nitrogen and oxygen atoms in total. The summed E-state index contributed by atoms with van der Waals surface area (Å²) >= 11 is 1.36. The molecule has 7 heteroatoms. The van der Waals surface area contributed by atoms with Crippen molar-refractivity contribution in [2.45, 2.75) is 20.4 Å². The molecule has 0 spiro atoms. The number of benzene rings is 2. The molecule has 170 valence electrons. The Hall–Kier alpha value is -3.97. The summed E-state index contributed by atoms with van der Waals surface area (Å²) in [6, 6.07) is 22.4. The molecule has 2 aromatic carbocycles. The van der Waals surface area contributed by atoms with Crippen LogP contribution in [-0.4, -0.2) is 25.6 Å². The van der Waals surface area contributed by atoms with E-state index >= 15 is 0 Å². The third kappa shape index (κ3) is 4.30. The average molecular weight is 470 g/mol. The molecule has 5 rings (SSSR count). The Morgan fingerprint density at radius 3 is 2.50 bits per heavy atom. The van der Waals surface area contributed by atoms with E-state index in [2.05, 4.69) is 10.6 Å². The minimum atomic E-state index is -0.106. The Kier molecular flexibility index (Phi) is 5.86. The van der Waals surface area contributed by atoms with E-state index in [1.54, 1.807) is 23.3 Å². The van der Waals surface area contributed by atoms with E-state index in [0.717, 1.165) is 28.3 Å². The van der Waals surface area contributed by atoms with Crippen LogP contribution in [0.25, 0.3) is 11.8 Å². The van der Waals surface area contributed by atoms with Gasteiger partial charge in [0.05, 0.1) is 23.4 Å². The van der Waals surface area contributed by atoms with E-state index in [4.69, 9.17) is 9.41 Å². The van der Waals surface area contributed by atoms with Crippen molar-refractivity contribution in [3.05, 3.63) is 107 Å². The Labute approximate surface area is 201 Å². The van der Waals surface area contributed by atoms with Gasteiger partial charge in [0.15, 0.2) is 5.17 Å². The number of phenolic OH excluding ortho intramolecular Hbond substituents is 1. The zero-order chi connectivity index (χ0) is 23.7. The fraction of sp³-hybridized carbons (Fsp3) is 0.111. The Morgan fingerprint density at radius 1 is 1.03 bits per heavy atom. The summed E-state index contributed by atoms with van der Waals surface area (Å²) in [4.78, 5) is 20.4. The monoisotopic (exact) mass is 469 g/mol. The first kappa shape index (κ1) is 21.9. The van der Waals surface area contributed by atoms with Crippen molar-refractivity contribution >= 4 is 34.6 Å². The summed E-state index contributed by atoms with van der Waals surface area (Å²) in [5, 5.41) is 10.2. The van der Waals surface area contributed by atoms with Gasteiger partial charge in [0, 0.05) is 17.1 Å². The van der Waals surface area contributed by atoms with Gasteiger partial charge in [-0.25, -0.2) is 4.99 Å². The topological polar surface area (TPSA) is 71.0 Å². The molecule has 1 aliphatic rings. The van der Waals surface area contributed by atoms with Gasteiger partial charge in [-0.2, -0.15) is 0 Å². The van der Waals surface area contributed by atoms with Crippen molar-refractivity contribution in [2.75, 3.05) is 0 Å². The van der Waals surface area contributed by atoms with Crippen LogP contribution in [0, 0.1) is 13.8 Å². The van der Waals surface area contributed by atoms with E-state index in [1.807, 2.05) is 74.5 Å². The minimum Gasteiger partial charge on any atom is -0.508 e. The average Bonchev–Trinajstić information content (AvgIpc) is 3.52. The van der Waals surface area contributed by atoms with Crippen LogP contribution in [0.1, 0.15) is 22.7 Å². The number of thioether (sulfide) groups is 1.